The maximum atomic E-state index is 12.1. The van der Waals surface area contributed by atoms with Crippen molar-refractivity contribution in [2.45, 2.75) is 71.4 Å². The number of nitrogens with one attached hydrogen (secondary N) is 2. The number of carboxylic acid groups (broad SMARTS) is 1. The highest BCUT2D eigenvalue weighted by molar-refractivity contribution is 5.74. The van der Waals surface area contributed by atoms with Gasteiger partial charge in [-0.3, -0.25) is 9.69 Å². The molecule has 2 amide bonds. The SMILES string of the molecule is CCN(CC(=O)O)C1CC(NC(=O)NCC2(CC(C)C)CCC2)C1. The van der Waals surface area contributed by atoms with Crippen LogP contribution in [-0.2, 0) is 4.79 Å². The molecule has 2 rings (SSSR count). The fraction of sp³-hybridized carbons (Fsp3) is 0.889. The molecule has 0 heterocycles. The first kappa shape index (κ1) is 19.0. The Bertz CT molecular complexity index is 443. The average molecular weight is 339 g/mol. The third-order valence-electron chi connectivity index (χ3n) is 5.59. The summed E-state index contributed by atoms with van der Waals surface area (Å²) in [5, 5.41) is 15.0. The molecule has 138 valence electrons. The van der Waals surface area contributed by atoms with E-state index in [9.17, 15) is 9.59 Å². The van der Waals surface area contributed by atoms with Crippen LogP contribution in [0.4, 0.5) is 4.79 Å². The molecule has 0 unspecified atom stereocenters. The zero-order valence-electron chi connectivity index (χ0n) is 15.3. The summed E-state index contributed by atoms with van der Waals surface area (Å²) in [5.41, 5.74) is 0.314. The van der Waals surface area contributed by atoms with E-state index in [4.69, 9.17) is 5.11 Å². The molecule has 6 heteroatoms. The van der Waals surface area contributed by atoms with Crippen LogP contribution >= 0.6 is 0 Å². The Kier molecular flexibility index (Phi) is 6.49. The molecule has 24 heavy (non-hydrogen) atoms. The molecule has 0 spiro atoms. The van der Waals surface area contributed by atoms with E-state index in [0.29, 0.717) is 11.3 Å². The van der Waals surface area contributed by atoms with Gasteiger partial charge in [0.2, 0.25) is 0 Å². The van der Waals surface area contributed by atoms with Gasteiger partial charge >= 0.3 is 12.0 Å². The highest BCUT2D eigenvalue weighted by Crippen LogP contribution is 2.45. The molecule has 0 radical (unpaired) electrons. The van der Waals surface area contributed by atoms with Gasteiger partial charge in [0.15, 0.2) is 0 Å². The first-order chi connectivity index (χ1) is 11.3. The first-order valence-corrected chi connectivity index (χ1v) is 9.34. The Morgan fingerprint density at radius 2 is 1.96 bits per heavy atom. The topological polar surface area (TPSA) is 81.7 Å². The normalized spacial score (nSPS) is 25.0. The minimum absolute atomic E-state index is 0.0743. The van der Waals surface area contributed by atoms with Crippen LogP contribution in [0.1, 0.15) is 59.3 Å². The van der Waals surface area contributed by atoms with Crippen molar-refractivity contribution in [2.24, 2.45) is 11.3 Å². The summed E-state index contributed by atoms with van der Waals surface area (Å²) in [4.78, 5) is 24.9. The van der Waals surface area contributed by atoms with Gasteiger partial charge in [-0.15, -0.1) is 0 Å². The summed E-state index contributed by atoms with van der Waals surface area (Å²) in [5.74, 6) is -0.126. The molecule has 0 atom stereocenters. The van der Waals surface area contributed by atoms with Gasteiger partial charge in [0.25, 0.3) is 0 Å². The number of amides is 2. The monoisotopic (exact) mass is 339 g/mol. The largest absolute Gasteiger partial charge is 0.480 e. The lowest BCUT2D eigenvalue weighted by Crippen LogP contribution is -2.57. The van der Waals surface area contributed by atoms with E-state index in [2.05, 4.69) is 24.5 Å². The smallest absolute Gasteiger partial charge is 0.317 e. The quantitative estimate of drug-likeness (QED) is 0.603. The van der Waals surface area contributed by atoms with E-state index in [-0.39, 0.29) is 24.7 Å². The van der Waals surface area contributed by atoms with Crippen molar-refractivity contribution in [3.05, 3.63) is 0 Å². The number of aliphatic carboxylic acids is 1. The second-order valence-electron chi connectivity index (χ2n) is 8.06. The van der Waals surface area contributed by atoms with Gasteiger partial charge < -0.3 is 15.7 Å². The molecule has 2 aliphatic carbocycles. The van der Waals surface area contributed by atoms with Crippen LogP contribution in [0, 0.1) is 11.3 Å². The van der Waals surface area contributed by atoms with Crippen LogP contribution in [0.3, 0.4) is 0 Å². The van der Waals surface area contributed by atoms with E-state index in [1.165, 1.54) is 25.7 Å². The molecule has 6 nitrogen and oxygen atoms in total. The van der Waals surface area contributed by atoms with Crippen molar-refractivity contribution < 1.29 is 14.7 Å². The minimum atomic E-state index is -0.790. The summed E-state index contributed by atoms with van der Waals surface area (Å²) in [6.45, 7) is 8.04. The van der Waals surface area contributed by atoms with E-state index in [1.807, 2.05) is 11.8 Å². The molecule has 0 aliphatic heterocycles. The minimum Gasteiger partial charge on any atom is -0.480 e. The molecular formula is C18H33N3O3. The molecule has 2 fully saturated rings. The van der Waals surface area contributed by atoms with Crippen molar-refractivity contribution in [1.29, 1.82) is 0 Å². The predicted molar refractivity (Wildman–Crippen MR) is 94.0 cm³/mol. The number of nitrogens with zero attached hydrogens (tertiary/aromatic N) is 1. The third-order valence-corrected chi connectivity index (χ3v) is 5.59. The average Bonchev–Trinajstić information content (AvgIpc) is 2.42. The standard InChI is InChI=1S/C18H33N3O3/c1-4-21(11-16(22)23)15-8-14(9-15)20-17(24)19-12-18(6-5-7-18)10-13(2)3/h13-15H,4-12H2,1-3H3,(H,22,23)(H2,19,20,24). The summed E-state index contributed by atoms with van der Waals surface area (Å²) in [6, 6.07) is 0.366. The molecule has 3 N–H and O–H groups in total. The Hall–Kier alpha value is -1.30. The zero-order valence-corrected chi connectivity index (χ0v) is 15.3. The highest BCUT2D eigenvalue weighted by atomic mass is 16.4. The number of hydrogen-bond donors (Lipinski definition) is 3. The first-order valence-electron chi connectivity index (χ1n) is 9.34. The number of carboxylic acids is 1. The van der Waals surface area contributed by atoms with Gasteiger partial charge in [0, 0.05) is 18.6 Å². The molecule has 0 aromatic carbocycles. The second kappa shape index (κ2) is 8.19. The summed E-state index contributed by atoms with van der Waals surface area (Å²) >= 11 is 0. The van der Waals surface area contributed by atoms with E-state index in [0.717, 1.165) is 25.9 Å². The fourth-order valence-corrected chi connectivity index (χ4v) is 4.18. The van der Waals surface area contributed by atoms with Crippen molar-refractivity contribution >= 4 is 12.0 Å². The summed E-state index contributed by atoms with van der Waals surface area (Å²) < 4.78 is 0. The molecule has 2 saturated carbocycles. The van der Waals surface area contributed by atoms with E-state index >= 15 is 0 Å². The maximum Gasteiger partial charge on any atom is 0.317 e. The van der Waals surface area contributed by atoms with Crippen molar-refractivity contribution in [2.75, 3.05) is 19.6 Å². The van der Waals surface area contributed by atoms with Crippen molar-refractivity contribution in [3.63, 3.8) is 0 Å². The number of urea groups is 1. The van der Waals surface area contributed by atoms with Crippen LogP contribution in [-0.4, -0.2) is 53.7 Å². The van der Waals surface area contributed by atoms with Gasteiger partial charge in [-0.05, 0) is 50.0 Å². The molecule has 0 aromatic heterocycles. The molecular weight excluding hydrogens is 306 g/mol. The molecule has 0 bridgehead atoms. The number of hydrogen-bond acceptors (Lipinski definition) is 3. The predicted octanol–water partition coefficient (Wildman–Crippen LogP) is 2.44. The zero-order chi connectivity index (χ0) is 17.7. The fourth-order valence-electron chi connectivity index (χ4n) is 4.18. The van der Waals surface area contributed by atoms with Crippen LogP contribution < -0.4 is 10.6 Å². The number of carbonyl (C=O) groups excluding carboxylic acids is 1. The lowest BCUT2D eigenvalue weighted by atomic mass is 9.64. The Balaban J connectivity index is 1.66. The molecule has 0 aromatic rings. The lowest BCUT2D eigenvalue weighted by Gasteiger charge is -2.44. The Labute approximate surface area is 145 Å². The summed E-state index contributed by atoms with van der Waals surface area (Å²) in [7, 11) is 0. The van der Waals surface area contributed by atoms with Gasteiger partial charge in [-0.25, -0.2) is 4.79 Å². The lowest BCUT2D eigenvalue weighted by molar-refractivity contribution is -0.139. The Morgan fingerprint density at radius 1 is 1.29 bits per heavy atom. The van der Waals surface area contributed by atoms with E-state index < -0.39 is 5.97 Å². The van der Waals surface area contributed by atoms with Crippen LogP contribution in [0.5, 0.6) is 0 Å². The van der Waals surface area contributed by atoms with Gasteiger partial charge in [0.05, 0.1) is 6.54 Å². The van der Waals surface area contributed by atoms with Crippen molar-refractivity contribution in [3.8, 4) is 0 Å². The van der Waals surface area contributed by atoms with E-state index in [1.54, 1.807) is 0 Å². The summed E-state index contributed by atoms with van der Waals surface area (Å²) in [6.07, 6.45) is 6.57. The highest BCUT2D eigenvalue weighted by Gasteiger charge is 2.38. The molecule has 0 saturated heterocycles. The van der Waals surface area contributed by atoms with Crippen LogP contribution in [0.2, 0.25) is 0 Å². The second-order valence-corrected chi connectivity index (χ2v) is 8.06. The van der Waals surface area contributed by atoms with Gasteiger partial charge in [-0.2, -0.15) is 0 Å². The van der Waals surface area contributed by atoms with Gasteiger partial charge in [-0.1, -0.05) is 27.2 Å². The van der Waals surface area contributed by atoms with Crippen LogP contribution in [0.25, 0.3) is 0 Å². The van der Waals surface area contributed by atoms with Crippen molar-refractivity contribution in [1.82, 2.24) is 15.5 Å². The maximum absolute atomic E-state index is 12.1. The van der Waals surface area contributed by atoms with Crippen LogP contribution in [0.15, 0.2) is 0 Å². The van der Waals surface area contributed by atoms with Gasteiger partial charge in [0.1, 0.15) is 0 Å². The number of likely N-dealkylation sites (N-methyl/N-ethyl adjacent to an activating group) is 1. The Morgan fingerprint density at radius 3 is 2.42 bits per heavy atom. The number of carbonyl (C=O) groups is 2. The number of rotatable bonds is 9. The molecule has 2 aliphatic rings. The third kappa shape index (κ3) is 5.10.